The number of hydrogen-bond donors (Lipinski definition) is 1. The number of aromatic nitrogens is 2. The third-order valence-electron chi connectivity index (χ3n) is 2.49. The Morgan fingerprint density at radius 1 is 1.36 bits per heavy atom. The third-order valence-corrected chi connectivity index (χ3v) is 5.19. The molecule has 0 bridgehead atoms. The molecule has 1 heterocycles. The highest BCUT2D eigenvalue weighted by molar-refractivity contribution is 9.10. The van der Waals surface area contributed by atoms with E-state index in [1.165, 1.54) is 23.1 Å². The van der Waals surface area contributed by atoms with Crippen LogP contribution in [0.5, 0.6) is 0 Å². The second-order valence-electron chi connectivity index (χ2n) is 4.20. The van der Waals surface area contributed by atoms with E-state index in [2.05, 4.69) is 31.4 Å². The smallest absolute Gasteiger partial charge is 0.243 e. The summed E-state index contributed by atoms with van der Waals surface area (Å²) < 4.78 is 1.54. The van der Waals surface area contributed by atoms with E-state index in [4.69, 9.17) is 11.6 Å². The van der Waals surface area contributed by atoms with E-state index in [9.17, 15) is 9.59 Å². The van der Waals surface area contributed by atoms with Crippen molar-refractivity contribution in [3.63, 3.8) is 0 Å². The monoisotopic (exact) mass is 419 g/mol. The van der Waals surface area contributed by atoms with Gasteiger partial charge in [-0.1, -0.05) is 51.2 Å². The number of ketones is 1. The molecule has 9 heteroatoms. The largest absolute Gasteiger partial charge is 0.299 e. The zero-order chi connectivity index (χ0) is 16.1. The Bertz CT molecular complexity index is 676. The van der Waals surface area contributed by atoms with E-state index in [-0.39, 0.29) is 17.4 Å². The molecule has 1 aromatic carbocycles. The second kappa shape index (κ2) is 8.05. The van der Waals surface area contributed by atoms with Crippen LogP contribution in [-0.4, -0.2) is 33.0 Å². The molecule has 5 nitrogen and oxygen atoms in total. The van der Waals surface area contributed by atoms with E-state index in [0.717, 1.165) is 4.47 Å². The minimum absolute atomic E-state index is 0.00710. The number of nitrogens with one attached hydrogen (secondary N) is 1. The number of carbonyl (C=O) groups excluding carboxylic acids is 2. The van der Waals surface area contributed by atoms with E-state index < -0.39 is 5.38 Å². The molecule has 0 radical (unpaired) electrons. The van der Waals surface area contributed by atoms with Gasteiger partial charge < -0.3 is 0 Å². The lowest BCUT2D eigenvalue weighted by Crippen LogP contribution is -2.20. The van der Waals surface area contributed by atoms with Gasteiger partial charge in [-0.2, -0.15) is 0 Å². The summed E-state index contributed by atoms with van der Waals surface area (Å²) in [6.45, 7) is 1.57. The van der Waals surface area contributed by atoms with Crippen molar-refractivity contribution in [3.8, 4) is 0 Å². The molecule has 1 atom stereocenters. The summed E-state index contributed by atoms with van der Waals surface area (Å²) in [6.07, 6.45) is 0. The van der Waals surface area contributed by atoms with Gasteiger partial charge in [-0.3, -0.25) is 14.9 Å². The first kappa shape index (κ1) is 17.4. The van der Waals surface area contributed by atoms with Gasteiger partial charge in [0.25, 0.3) is 0 Å². The molecule has 0 aliphatic rings. The highest BCUT2D eigenvalue weighted by Crippen LogP contribution is 2.26. The summed E-state index contributed by atoms with van der Waals surface area (Å²) in [5.41, 5.74) is 0.643. The number of alkyl halides is 1. The van der Waals surface area contributed by atoms with E-state index in [1.807, 2.05) is 12.1 Å². The van der Waals surface area contributed by atoms with Crippen molar-refractivity contribution in [2.45, 2.75) is 16.6 Å². The predicted octanol–water partition coefficient (Wildman–Crippen LogP) is 3.84. The molecule has 1 N–H and O–H groups in total. The quantitative estimate of drug-likeness (QED) is 0.333. The molecule has 1 aromatic heterocycles. The fourth-order valence-corrected chi connectivity index (χ4v) is 3.34. The van der Waals surface area contributed by atoms with Crippen molar-refractivity contribution < 1.29 is 9.59 Å². The van der Waals surface area contributed by atoms with Gasteiger partial charge in [0.05, 0.1) is 5.75 Å². The molecular weight excluding hydrogens is 410 g/mol. The molecular formula is C13H11BrClN3O2S2. The summed E-state index contributed by atoms with van der Waals surface area (Å²) in [6, 6.07) is 7.18. The Hall–Kier alpha value is -0.960. The van der Waals surface area contributed by atoms with Crippen LogP contribution in [0.4, 0.5) is 5.13 Å². The third kappa shape index (κ3) is 5.05. The minimum atomic E-state index is -0.640. The summed E-state index contributed by atoms with van der Waals surface area (Å²) in [4.78, 5) is 23.5. The molecule has 2 aromatic rings. The van der Waals surface area contributed by atoms with Gasteiger partial charge in [-0.15, -0.1) is 21.8 Å². The summed E-state index contributed by atoms with van der Waals surface area (Å²) >= 11 is 11.5. The molecule has 2 rings (SSSR count). The van der Waals surface area contributed by atoms with Crippen LogP contribution in [0, 0.1) is 0 Å². The number of hydrogen-bond acceptors (Lipinski definition) is 6. The van der Waals surface area contributed by atoms with E-state index >= 15 is 0 Å². The zero-order valence-corrected chi connectivity index (χ0v) is 15.4. The molecule has 0 saturated carbocycles. The normalized spacial score (nSPS) is 12.0. The standard InChI is InChI=1S/C13H11BrClN3O2S2/c1-7(15)11(20)16-12-17-18-13(22-12)21-6-10(19)8-2-4-9(14)5-3-8/h2-5,7H,6H2,1H3,(H,16,17,20)/t7-/m1/s1. The second-order valence-corrected chi connectivity index (χ2v) is 7.97. The average molecular weight is 421 g/mol. The van der Waals surface area contributed by atoms with Gasteiger partial charge in [0.1, 0.15) is 5.38 Å². The number of halogens is 2. The number of carbonyl (C=O) groups is 2. The molecule has 0 saturated heterocycles. The molecule has 22 heavy (non-hydrogen) atoms. The predicted molar refractivity (Wildman–Crippen MR) is 93.1 cm³/mol. The molecule has 0 aliphatic heterocycles. The van der Waals surface area contributed by atoms with Gasteiger partial charge in [0.2, 0.25) is 11.0 Å². The maximum atomic E-state index is 12.0. The van der Waals surface area contributed by atoms with Crippen molar-refractivity contribution in [1.82, 2.24) is 10.2 Å². The first-order valence-electron chi connectivity index (χ1n) is 6.15. The molecule has 0 aliphatic carbocycles. The van der Waals surface area contributed by atoms with Crippen molar-refractivity contribution in [3.05, 3.63) is 34.3 Å². The van der Waals surface area contributed by atoms with Crippen LogP contribution in [-0.2, 0) is 4.79 Å². The molecule has 1 amide bonds. The Labute approximate surface area is 149 Å². The maximum absolute atomic E-state index is 12.0. The lowest BCUT2D eigenvalue weighted by atomic mass is 10.2. The fourth-order valence-electron chi connectivity index (χ4n) is 1.37. The van der Waals surface area contributed by atoms with Crippen LogP contribution in [0.3, 0.4) is 0 Å². The van der Waals surface area contributed by atoms with Crippen LogP contribution in [0.1, 0.15) is 17.3 Å². The van der Waals surface area contributed by atoms with E-state index in [0.29, 0.717) is 15.0 Å². The Balaban J connectivity index is 1.89. The first-order chi connectivity index (χ1) is 10.5. The highest BCUT2D eigenvalue weighted by Gasteiger charge is 2.14. The van der Waals surface area contributed by atoms with Crippen molar-refractivity contribution in [2.24, 2.45) is 0 Å². The lowest BCUT2D eigenvalue weighted by molar-refractivity contribution is -0.115. The SMILES string of the molecule is C[C@@H](Cl)C(=O)Nc1nnc(SCC(=O)c2ccc(Br)cc2)s1. The van der Waals surface area contributed by atoms with Crippen LogP contribution in [0.15, 0.2) is 33.1 Å². The van der Waals surface area contributed by atoms with Gasteiger partial charge in [-0.25, -0.2) is 0 Å². The number of nitrogens with zero attached hydrogens (tertiary/aromatic N) is 2. The molecule has 0 fully saturated rings. The number of benzene rings is 1. The fraction of sp³-hybridized carbons (Fsp3) is 0.231. The van der Waals surface area contributed by atoms with Gasteiger partial charge in [0.15, 0.2) is 10.1 Å². The summed E-state index contributed by atoms with van der Waals surface area (Å²) in [7, 11) is 0. The molecule has 0 spiro atoms. The van der Waals surface area contributed by atoms with Crippen molar-refractivity contribution >= 4 is 67.5 Å². The highest BCUT2D eigenvalue weighted by atomic mass is 79.9. The summed E-state index contributed by atoms with van der Waals surface area (Å²) in [5, 5.41) is 10.1. The Morgan fingerprint density at radius 2 is 2.05 bits per heavy atom. The first-order valence-corrected chi connectivity index (χ1v) is 9.19. The number of anilines is 1. The lowest BCUT2D eigenvalue weighted by Gasteiger charge is -2.00. The Kier molecular flexibility index (Phi) is 6.37. The summed E-state index contributed by atoms with van der Waals surface area (Å²) in [5.74, 6) is -0.0659. The maximum Gasteiger partial charge on any atom is 0.243 e. The van der Waals surface area contributed by atoms with Crippen LogP contribution in [0.25, 0.3) is 0 Å². The zero-order valence-electron chi connectivity index (χ0n) is 11.4. The van der Waals surface area contributed by atoms with Crippen LogP contribution < -0.4 is 5.32 Å². The number of thioether (sulfide) groups is 1. The van der Waals surface area contributed by atoms with Crippen LogP contribution in [0.2, 0.25) is 0 Å². The minimum Gasteiger partial charge on any atom is -0.299 e. The molecule has 0 unspecified atom stereocenters. The number of rotatable bonds is 6. The van der Waals surface area contributed by atoms with Gasteiger partial charge >= 0.3 is 0 Å². The van der Waals surface area contributed by atoms with Gasteiger partial charge in [0, 0.05) is 10.0 Å². The molecule has 116 valence electrons. The topological polar surface area (TPSA) is 72.0 Å². The van der Waals surface area contributed by atoms with E-state index in [1.54, 1.807) is 19.1 Å². The number of Topliss-reactive ketones (excluding diaryl/α,β-unsaturated/α-hetero) is 1. The Morgan fingerprint density at radius 3 is 2.68 bits per heavy atom. The van der Waals surface area contributed by atoms with Gasteiger partial charge in [-0.05, 0) is 19.1 Å². The van der Waals surface area contributed by atoms with Crippen molar-refractivity contribution in [1.29, 1.82) is 0 Å². The average Bonchev–Trinajstić information content (AvgIpc) is 2.93. The van der Waals surface area contributed by atoms with Crippen LogP contribution >= 0.6 is 50.6 Å². The number of amides is 1. The van der Waals surface area contributed by atoms with Crippen molar-refractivity contribution in [2.75, 3.05) is 11.1 Å².